The van der Waals surface area contributed by atoms with Crippen molar-refractivity contribution in [2.75, 3.05) is 0 Å². The SMILES string of the molecule is CC1CCC(CC(N)O)CC1. The van der Waals surface area contributed by atoms with Crippen molar-refractivity contribution in [2.45, 2.75) is 45.3 Å². The summed E-state index contributed by atoms with van der Waals surface area (Å²) in [5, 5.41) is 8.95. The van der Waals surface area contributed by atoms with E-state index in [4.69, 9.17) is 10.8 Å². The predicted octanol–water partition coefficient (Wildman–Crippen LogP) is 1.48. The molecule has 11 heavy (non-hydrogen) atoms. The van der Waals surface area contributed by atoms with Gasteiger partial charge in [0.1, 0.15) is 6.23 Å². The van der Waals surface area contributed by atoms with Crippen LogP contribution in [0.3, 0.4) is 0 Å². The zero-order valence-corrected chi connectivity index (χ0v) is 7.29. The molecule has 1 rings (SSSR count). The number of hydrogen-bond acceptors (Lipinski definition) is 2. The van der Waals surface area contributed by atoms with Gasteiger partial charge in [-0.15, -0.1) is 0 Å². The highest BCUT2D eigenvalue weighted by molar-refractivity contribution is 4.70. The Morgan fingerprint density at radius 1 is 1.36 bits per heavy atom. The molecular formula is C9H19NO. The van der Waals surface area contributed by atoms with Crippen molar-refractivity contribution in [3.63, 3.8) is 0 Å². The molecule has 1 fully saturated rings. The molecule has 2 heteroatoms. The second kappa shape index (κ2) is 4.07. The lowest BCUT2D eigenvalue weighted by molar-refractivity contribution is 0.129. The molecule has 1 unspecified atom stereocenters. The summed E-state index contributed by atoms with van der Waals surface area (Å²) in [6.45, 7) is 2.30. The summed E-state index contributed by atoms with van der Waals surface area (Å²) in [5.74, 6) is 1.58. The van der Waals surface area contributed by atoms with Crippen LogP contribution in [0.5, 0.6) is 0 Å². The molecule has 0 aromatic rings. The topological polar surface area (TPSA) is 46.2 Å². The average molecular weight is 157 g/mol. The first kappa shape index (κ1) is 9.01. The Morgan fingerprint density at radius 2 is 1.91 bits per heavy atom. The maximum absolute atomic E-state index is 8.95. The minimum atomic E-state index is -0.589. The van der Waals surface area contributed by atoms with Gasteiger partial charge >= 0.3 is 0 Å². The molecule has 0 heterocycles. The van der Waals surface area contributed by atoms with E-state index in [2.05, 4.69) is 6.92 Å². The molecule has 0 bridgehead atoms. The summed E-state index contributed by atoms with van der Waals surface area (Å²) in [6, 6.07) is 0. The van der Waals surface area contributed by atoms with Gasteiger partial charge in [-0.3, -0.25) is 0 Å². The number of hydrogen-bond donors (Lipinski definition) is 2. The Bertz CT molecular complexity index is 106. The van der Waals surface area contributed by atoms with Gasteiger partial charge in [-0.2, -0.15) is 0 Å². The van der Waals surface area contributed by atoms with E-state index >= 15 is 0 Å². The highest BCUT2D eigenvalue weighted by atomic mass is 16.3. The Labute approximate surface area is 68.8 Å². The summed E-state index contributed by atoms with van der Waals surface area (Å²) >= 11 is 0. The molecule has 0 radical (unpaired) electrons. The fraction of sp³-hybridized carbons (Fsp3) is 1.00. The third-order valence-electron chi connectivity index (χ3n) is 2.71. The first-order chi connectivity index (χ1) is 5.18. The molecule has 2 nitrogen and oxygen atoms in total. The summed E-state index contributed by atoms with van der Waals surface area (Å²) in [7, 11) is 0. The van der Waals surface area contributed by atoms with E-state index in [0.717, 1.165) is 12.3 Å². The highest BCUT2D eigenvalue weighted by Gasteiger charge is 2.19. The van der Waals surface area contributed by atoms with Gasteiger partial charge in [0.15, 0.2) is 0 Å². The lowest BCUT2D eigenvalue weighted by Gasteiger charge is -2.26. The summed E-state index contributed by atoms with van der Waals surface area (Å²) in [4.78, 5) is 0. The van der Waals surface area contributed by atoms with E-state index in [0.29, 0.717) is 5.92 Å². The van der Waals surface area contributed by atoms with E-state index in [9.17, 15) is 0 Å². The summed E-state index contributed by atoms with van der Waals surface area (Å²) in [6.07, 6.45) is 5.36. The maximum atomic E-state index is 8.95. The van der Waals surface area contributed by atoms with Gasteiger partial charge in [0.25, 0.3) is 0 Å². The van der Waals surface area contributed by atoms with Crippen molar-refractivity contribution in [3.05, 3.63) is 0 Å². The standard InChI is InChI=1S/C9H19NO/c1-7-2-4-8(5-3-7)6-9(10)11/h7-9,11H,2-6,10H2,1H3. The quantitative estimate of drug-likeness (QED) is 0.596. The largest absolute Gasteiger partial charge is 0.379 e. The predicted molar refractivity (Wildman–Crippen MR) is 45.9 cm³/mol. The second-order valence-corrected chi connectivity index (χ2v) is 3.93. The van der Waals surface area contributed by atoms with Crippen molar-refractivity contribution in [1.82, 2.24) is 0 Å². The van der Waals surface area contributed by atoms with Crippen LogP contribution in [0, 0.1) is 11.8 Å². The minimum absolute atomic E-state index is 0.589. The Balaban J connectivity index is 2.17. The number of aliphatic hydroxyl groups excluding tert-OH is 1. The molecule has 0 aliphatic heterocycles. The highest BCUT2D eigenvalue weighted by Crippen LogP contribution is 2.30. The van der Waals surface area contributed by atoms with Crippen LogP contribution >= 0.6 is 0 Å². The van der Waals surface area contributed by atoms with Crippen molar-refractivity contribution >= 4 is 0 Å². The Kier molecular flexibility index (Phi) is 3.34. The zero-order chi connectivity index (χ0) is 8.27. The van der Waals surface area contributed by atoms with Gasteiger partial charge < -0.3 is 10.8 Å². The second-order valence-electron chi connectivity index (χ2n) is 3.93. The van der Waals surface area contributed by atoms with E-state index in [1.54, 1.807) is 0 Å². The molecule has 1 saturated carbocycles. The molecule has 1 aliphatic carbocycles. The number of aliphatic hydroxyl groups is 1. The molecular weight excluding hydrogens is 138 g/mol. The van der Waals surface area contributed by atoms with Gasteiger partial charge in [0.2, 0.25) is 0 Å². The molecule has 1 atom stereocenters. The van der Waals surface area contributed by atoms with E-state index in [-0.39, 0.29) is 0 Å². The lowest BCUT2D eigenvalue weighted by Crippen LogP contribution is -2.24. The van der Waals surface area contributed by atoms with Crippen molar-refractivity contribution in [3.8, 4) is 0 Å². The van der Waals surface area contributed by atoms with Crippen LogP contribution in [0.15, 0.2) is 0 Å². The Hall–Kier alpha value is -0.0800. The Morgan fingerprint density at radius 3 is 2.36 bits per heavy atom. The normalized spacial score (nSPS) is 35.2. The van der Waals surface area contributed by atoms with Gasteiger partial charge in [-0.1, -0.05) is 32.6 Å². The lowest BCUT2D eigenvalue weighted by atomic mass is 9.81. The molecule has 3 N–H and O–H groups in total. The third kappa shape index (κ3) is 3.21. The molecule has 66 valence electrons. The van der Waals surface area contributed by atoms with Gasteiger partial charge in [0, 0.05) is 0 Å². The van der Waals surface area contributed by atoms with Crippen LogP contribution in [0.2, 0.25) is 0 Å². The average Bonchev–Trinajstić information content (AvgIpc) is 1.93. The van der Waals surface area contributed by atoms with Gasteiger partial charge in [-0.25, -0.2) is 0 Å². The first-order valence-electron chi connectivity index (χ1n) is 4.62. The maximum Gasteiger partial charge on any atom is 0.102 e. The summed E-state index contributed by atoms with van der Waals surface area (Å²) in [5.41, 5.74) is 5.31. The number of rotatable bonds is 2. The zero-order valence-electron chi connectivity index (χ0n) is 7.29. The molecule has 1 aliphatic rings. The van der Waals surface area contributed by atoms with E-state index in [1.165, 1.54) is 25.7 Å². The van der Waals surface area contributed by atoms with Crippen LogP contribution in [0.25, 0.3) is 0 Å². The number of nitrogens with two attached hydrogens (primary N) is 1. The molecule has 0 spiro atoms. The van der Waals surface area contributed by atoms with E-state index < -0.39 is 6.23 Å². The summed E-state index contributed by atoms with van der Waals surface area (Å²) < 4.78 is 0. The van der Waals surface area contributed by atoms with Crippen LogP contribution in [0.4, 0.5) is 0 Å². The van der Waals surface area contributed by atoms with Crippen molar-refractivity contribution in [2.24, 2.45) is 17.6 Å². The molecule has 0 amide bonds. The fourth-order valence-electron chi connectivity index (χ4n) is 1.91. The third-order valence-corrected chi connectivity index (χ3v) is 2.71. The van der Waals surface area contributed by atoms with E-state index in [1.807, 2.05) is 0 Å². The van der Waals surface area contributed by atoms with Crippen molar-refractivity contribution in [1.29, 1.82) is 0 Å². The monoisotopic (exact) mass is 157 g/mol. The van der Waals surface area contributed by atoms with Crippen LogP contribution < -0.4 is 5.73 Å². The fourth-order valence-corrected chi connectivity index (χ4v) is 1.91. The molecule has 0 saturated heterocycles. The van der Waals surface area contributed by atoms with Crippen LogP contribution in [-0.4, -0.2) is 11.3 Å². The van der Waals surface area contributed by atoms with Gasteiger partial charge in [0.05, 0.1) is 0 Å². The minimum Gasteiger partial charge on any atom is -0.379 e. The smallest absolute Gasteiger partial charge is 0.102 e. The molecule has 0 aromatic heterocycles. The van der Waals surface area contributed by atoms with Crippen molar-refractivity contribution < 1.29 is 5.11 Å². The van der Waals surface area contributed by atoms with Crippen LogP contribution in [-0.2, 0) is 0 Å². The van der Waals surface area contributed by atoms with Gasteiger partial charge in [-0.05, 0) is 18.3 Å². The molecule has 0 aromatic carbocycles. The van der Waals surface area contributed by atoms with Crippen LogP contribution in [0.1, 0.15) is 39.0 Å². The first-order valence-corrected chi connectivity index (χ1v) is 4.62.